The number of rotatable bonds is 5. The van der Waals surface area contributed by atoms with Gasteiger partial charge < -0.3 is 10.4 Å². The van der Waals surface area contributed by atoms with Gasteiger partial charge in [-0.2, -0.15) is 4.31 Å². The molecule has 1 aliphatic rings. The van der Waals surface area contributed by atoms with Crippen LogP contribution in [0.1, 0.15) is 19.8 Å². The quantitative estimate of drug-likeness (QED) is 0.816. The number of nitrogens with one attached hydrogen (secondary N) is 1. The highest BCUT2D eigenvalue weighted by Gasteiger charge is 2.39. The molecule has 1 aromatic rings. The maximum absolute atomic E-state index is 12.6. The van der Waals surface area contributed by atoms with Crippen molar-refractivity contribution in [1.82, 2.24) is 9.62 Å². The van der Waals surface area contributed by atoms with Gasteiger partial charge in [0.2, 0.25) is 15.9 Å². The van der Waals surface area contributed by atoms with Crippen LogP contribution in [0.2, 0.25) is 0 Å². The zero-order valence-electron chi connectivity index (χ0n) is 12.1. The summed E-state index contributed by atoms with van der Waals surface area (Å²) in [5, 5.41) is 11.2. The fourth-order valence-corrected chi connectivity index (χ4v) is 4.07. The van der Waals surface area contributed by atoms with Crippen molar-refractivity contribution in [2.75, 3.05) is 6.54 Å². The van der Waals surface area contributed by atoms with E-state index in [1.165, 1.54) is 19.1 Å². The van der Waals surface area contributed by atoms with E-state index in [9.17, 15) is 18.0 Å². The van der Waals surface area contributed by atoms with E-state index in [1.54, 1.807) is 18.2 Å². The van der Waals surface area contributed by atoms with Gasteiger partial charge in [-0.15, -0.1) is 0 Å². The van der Waals surface area contributed by atoms with Crippen molar-refractivity contribution in [2.24, 2.45) is 0 Å². The van der Waals surface area contributed by atoms with Gasteiger partial charge in [0.25, 0.3) is 0 Å². The van der Waals surface area contributed by atoms with Crippen LogP contribution in [0.4, 0.5) is 0 Å². The van der Waals surface area contributed by atoms with E-state index in [-0.39, 0.29) is 11.4 Å². The number of benzene rings is 1. The minimum atomic E-state index is -3.76. The van der Waals surface area contributed by atoms with Crippen LogP contribution in [0.5, 0.6) is 0 Å². The number of amides is 1. The first-order valence-corrected chi connectivity index (χ1v) is 8.38. The van der Waals surface area contributed by atoms with Gasteiger partial charge in [-0.1, -0.05) is 18.2 Å². The minimum absolute atomic E-state index is 0.126. The highest BCUT2D eigenvalue weighted by Crippen LogP contribution is 2.26. The van der Waals surface area contributed by atoms with Crippen molar-refractivity contribution in [1.29, 1.82) is 0 Å². The topological polar surface area (TPSA) is 104 Å². The zero-order valence-corrected chi connectivity index (χ0v) is 12.9. The molecular weight excluding hydrogens is 308 g/mol. The first kappa shape index (κ1) is 16.4. The second-order valence-electron chi connectivity index (χ2n) is 5.16. The van der Waals surface area contributed by atoms with Crippen molar-refractivity contribution in [2.45, 2.75) is 36.7 Å². The lowest BCUT2D eigenvalue weighted by atomic mass is 10.2. The van der Waals surface area contributed by atoms with E-state index in [2.05, 4.69) is 5.32 Å². The van der Waals surface area contributed by atoms with Gasteiger partial charge >= 0.3 is 5.97 Å². The number of aliphatic carboxylic acids is 1. The molecule has 2 atom stereocenters. The number of carbonyl (C=O) groups is 2. The number of nitrogens with zero attached hydrogens (tertiary/aromatic N) is 1. The Balaban J connectivity index is 2.20. The molecule has 1 aromatic carbocycles. The maximum Gasteiger partial charge on any atom is 0.325 e. The molecule has 2 N–H and O–H groups in total. The first-order chi connectivity index (χ1) is 10.3. The number of hydrogen-bond acceptors (Lipinski definition) is 4. The monoisotopic (exact) mass is 326 g/mol. The number of carboxylic acid groups (broad SMARTS) is 1. The summed E-state index contributed by atoms with van der Waals surface area (Å²) in [5.74, 6) is -1.74. The molecule has 8 heteroatoms. The van der Waals surface area contributed by atoms with Gasteiger partial charge in [0.15, 0.2) is 0 Å². The van der Waals surface area contributed by atoms with E-state index in [1.807, 2.05) is 0 Å². The molecule has 0 radical (unpaired) electrons. The van der Waals surface area contributed by atoms with E-state index < -0.39 is 34.0 Å². The standard InChI is InChI=1S/C14H18N2O5S/c1-10(14(18)19)15-13(17)12-8-5-9-16(12)22(20,21)11-6-3-2-4-7-11/h2-4,6-7,10,12H,5,8-9H2,1H3,(H,15,17)(H,18,19)/t10-,12?/m1/s1. The Morgan fingerprint density at radius 1 is 1.32 bits per heavy atom. The van der Waals surface area contributed by atoms with Gasteiger partial charge in [0, 0.05) is 6.54 Å². The average molecular weight is 326 g/mol. The van der Waals surface area contributed by atoms with Gasteiger partial charge in [-0.3, -0.25) is 9.59 Å². The Bertz CT molecular complexity index is 659. The Hall–Kier alpha value is -1.93. The summed E-state index contributed by atoms with van der Waals surface area (Å²) in [6, 6.07) is 5.96. The molecule has 120 valence electrons. The molecule has 1 aliphatic heterocycles. The molecular formula is C14H18N2O5S. The number of sulfonamides is 1. The second kappa shape index (κ2) is 6.45. The van der Waals surface area contributed by atoms with Crippen LogP contribution in [-0.4, -0.2) is 48.3 Å². The molecule has 1 amide bonds. The Morgan fingerprint density at radius 3 is 2.55 bits per heavy atom. The molecule has 1 saturated heterocycles. The molecule has 1 fully saturated rings. The predicted octanol–water partition coefficient (Wildman–Crippen LogP) is 0.429. The van der Waals surface area contributed by atoms with Crippen molar-refractivity contribution in [3.8, 4) is 0 Å². The third-order valence-corrected chi connectivity index (χ3v) is 5.51. The molecule has 0 aliphatic carbocycles. The van der Waals surface area contributed by atoms with Crippen LogP contribution in [0, 0.1) is 0 Å². The Kier molecular flexibility index (Phi) is 4.82. The maximum atomic E-state index is 12.6. The summed E-state index contributed by atoms with van der Waals surface area (Å²) in [4.78, 5) is 23.1. The van der Waals surface area contributed by atoms with E-state index in [4.69, 9.17) is 5.11 Å². The summed E-state index contributed by atoms with van der Waals surface area (Å²) in [6.45, 7) is 1.59. The van der Waals surface area contributed by atoms with Crippen LogP contribution in [0.15, 0.2) is 35.2 Å². The highest BCUT2D eigenvalue weighted by atomic mass is 32.2. The van der Waals surface area contributed by atoms with E-state index >= 15 is 0 Å². The van der Waals surface area contributed by atoms with Crippen molar-refractivity contribution in [3.63, 3.8) is 0 Å². The molecule has 0 saturated carbocycles. The summed E-state index contributed by atoms with van der Waals surface area (Å²) in [7, 11) is -3.76. The lowest BCUT2D eigenvalue weighted by Crippen LogP contribution is -2.49. The molecule has 0 bridgehead atoms. The lowest BCUT2D eigenvalue weighted by molar-refractivity contribution is -0.141. The van der Waals surface area contributed by atoms with Gasteiger partial charge in [-0.25, -0.2) is 8.42 Å². The highest BCUT2D eigenvalue weighted by molar-refractivity contribution is 7.89. The minimum Gasteiger partial charge on any atom is -0.480 e. The van der Waals surface area contributed by atoms with Crippen molar-refractivity contribution < 1.29 is 23.1 Å². The third kappa shape index (κ3) is 3.28. The SMILES string of the molecule is C[C@@H](NC(=O)C1CCCN1S(=O)(=O)c1ccccc1)C(=O)O. The van der Waals surface area contributed by atoms with Crippen LogP contribution >= 0.6 is 0 Å². The van der Waals surface area contributed by atoms with Gasteiger partial charge in [0.1, 0.15) is 12.1 Å². The van der Waals surface area contributed by atoms with E-state index in [0.717, 1.165) is 4.31 Å². The number of carbonyl (C=O) groups excluding carboxylic acids is 1. The summed E-state index contributed by atoms with van der Waals surface area (Å²) in [6.07, 6.45) is 0.940. The number of carboxylic acids is 1. The average Bonchev–Trinajstić information content (AvgIpc) is 2.98. The largest absolute Gasteiger partial charge is 0.480 e. The van der Waals surface area contributed by atoms with Gasteiger partial charge in [0.05, 0.1) is 4.90 Å². The molecule has 22 heavy (non-hydrogen) atoms. The van der Waals surface area contributed by atoms with E-state index in [0.29, 0.717) is 12.8 Å². The smallest absolute Gasteiger partial charge is 0.325 e. The van der Waals surface area contributed by atoms with Crippen molar-refractivity contribution in [3.05, 3.63) is 30.3 Å². The summed E-state index contributed by atoms with van der Waals surface area (Å²) >= 11 is 0. The second-order valence-corrected chi connectivity index (χ2v) is 7.05. The summed E-state index contributed by atoms with van der Waals surface area (Å²) < 4.78 is 26.3. The van der Waals surface area contributed by atoms with Crippen LogP contribution in [0.3, 0.4) is 0 Å². The first-order valence-electron chi connectivity index (χ1n) is 6.94. The Morgan fingerprint density at radius 2 is 1.95 bits per heavy atom. The molecule has 1 heterocycles. The Labute approximate surface area is 129 Å². The van der Waals surface area contributed by atoms with Gasteiger partial charge in [-0.05, 0) is 31.9 Å². The van der Waals surface area contributed by atoms with Crippen molar-refractivity contribution >= 4 is 21.9 Å². The zero-order chi connectivity index (χ0) is 16.3. The molecule has 1 unspecified atom stereocenters. The van der Waals surface area contributed by atoms with Crippen LogP contribution < -0.4 is 5.32 Å². The normalized spacial score (nSPS) is 20.5. The molecule has 0 aromatic heterocycles. The molecule has 7 nitrogen and oxygen atoms in total. The lowest BCUT2D eigenvalue weighted by Gasteiger charge is -2.24. The van der Waals surface area contributed by atoms with Crippen LogP contribution in [0.25, 0.3) is 0 Å². The molecule has 2 rings (SSSR count). The number of hydrogen-bond donors (Lipinski definition) is 2. The predicted molar refractivity (Wildman–Crippen MR) is 78.6 cm³/mol. The fraction of sp³-hybridized carbons (Fsp3) is 0.429. The fourth-order valence-electron chi connectivity index (χ4n) is 2.39. The third-order valence-electron chi connectivity index (χ3n) is 3.59. The van der Waals surface area contributed by atoms with Crippen LogP contribution in [-0.2, 0) is 19.6 Å². The molecule has 0 spiro atoms. The summed E-state index contributed by atoms with van der Waals surface area (Å²) in [5.41, 5.74) is 0.